The van der Waals surface area contributed by atoms with Crippen molar-refractivity contribution in [1.82, 2.24) is 9.55 Å². The molecule has 0 spiro atoms. The van der Waals surface area contributed by atoms with E-state index in [1.807, 2.05) is 48.1 Å². The first-order chi connectivity index (χ1) is 16.5. The number of benzene rings is 2. The quantitative estimate of drug-likeness (QED) is 0.256. The van der Waals surface area contributed by atoms with Crippen molar-refractivity contribution in [1.29, 1.82) is 0 Å². The zero-order valence-electron chi connectivity index (χ0n) is 18.6. The maximum absolute atomic E-state index is 13.3. The maximum Gasteiger partial charge on any atom is 0.312 e. The molecule has 0 N–H and O–H groups in total. The van der Waals surface area contributed by atoms with Crippen molar-refractivity contribution in [3.63, 3.8) is 0 Å². The fraction of sp³-hybridized carbons (Fsp3) is 0.148. The van der Waals surface area contributed by atoms with E-state index < -0.39 is 0 Å². The van der Waals surface area contributed by atoms with Gasteiger partial charge in [-0.15, -0.1) is 0 Å². The third-order valence-corrected chi connectivity index (χ3v) is 6.40. The Labute approximate surface area is 195 Å². The van der Waals surface area contributed by atoms with Gasteiger partial charge in [0.15, 0.2) is 5.76 Å². The van der Waals surface area contributed by atoms with E-state index >= 15 is 0 Å². The Morgan fingerprint density at radius 2 is 1.91 bits per heavy atom. The van der Waals surface area contributed by atoms with Crippen molar-refractivity contribution in [3.05, 3.63) is 89.1 Å². The number of esters is 1. The van der Waals surface area contributed by atoms with E-state index in [-0.39, 0.29) is 29.9 Å². The summed E-state index contributed by atoms with van der Waals surface area (Å²) in [5.74, 6) is 1.01. The molecule has 34 heavy (non-hydrogen) atoms. The number of ether oxygens (including phenoxy) is 3. The average molecular weight is 452 g/mol. The SMILES string of the molecule is COc1ccc2c(c1)c(/C=C1\Oc3c(ccc4c3[C@H](c3ccncc3)CC(=O)O4)C1=O)cn2C. The molecule has 2 aromatic carbocycles. The highest BCUT2D eigenvalue weighted by Crippen LogP contribution is 2.49. The second-order valence-electron chi connectivity index (χ2n) is 8.38. The summed E-state index contributed by atoms with van der Waals surface area (Å²) in [4.78, 5) is 29.7. The Hall–Kier alpha value is -4.39. The van der Waals surface area contributed by atoms with Crippen LogP contribution in [0.25, 0.3) is 17.0 Å². The average Bonchev–Trinajstić information content (AvgIpc) is 3.34. The normalized spacial score (nSPS) is 17.9. The van der Waals surface area contributed by atoms with Crippen LogP contribution in [-0.4, -0.2) is 28.4 Å². The lowest BCUT2D eigenvalue weighted by Crippen LogP contribution is -2.21. The molecule has 4 aromatic rings. The summed E-state index contributed by atoms with van der Waals surface area (Å²) in [6, 6.07) is 12.9. The summed E-state index contributed by atoms with van der Waals surface area (Å²) in [7, 11) is 3.57. The van der Waals surface area contributed by atoms with Gasteiger partial charge in [-0.2, -0.15) is 0 Å². The molecule has 1 atom stereocenters. The Morgan fingerprint density at radius 3 is 2.71 bits per heavy atom. The molecule has 7 nitrogen and oxygen atoms in total. The molecule has 0 saturated carbocycles. The molecular weight excluding hydrogens is 432 g/mol. The lowest BCUT2D eigenvalue weighted by Gasteiger charge is -2.26. The van der Waals surface area contributed by atoms with Gasteiger partial charge in [-0.05, 0) is 54.1 Å². The van der Waals surface area contributed by atoms with E-state index in [9.17, 15) is 9.59 Å². The fourth-order valence-corrected chi connectivity index (χ4v) is 4.77. The van der Waals surface area contributed by atoms with Crippen LogP contribution in [0.15, 0.2) is 66.8 Å². The molecular formula is C27H20N2O5. The first kappa shape index (κ1) is 20.2. The van der Waals surface area contributed by atoms with Crippen molar-refractivity contribution in [3.8, 4) is 17.2 Å². The van der Waals surface area contributed by atoms with Crippen LogP contribution in [0.2, 0.25) is 0 Å². The van der Waals surface area contributed by atoms with E-state index in [2.05, 4.69) is 4.98 Å². The molecule has 2 aliphatic rings. The van der Waals surface area contributed by atoms with Gasteiger partial charge in [-0.1, -0.05) is 0 Å². The van der Waals surface area contributed by atoms with Gasteiger partial charge in [0.25, 0.3) is 0 Å². The lowest BCUT2D eigenvalue weighted by molar-refractivity contribution is -0.135. The summed E-state index contributed by atoms with van der Waals surface area (Å²) < 4.78 is 19.1. The minimum atomic E-state index is -0.320. The van der Waals surface area contributed by atoms with Gasteiger partial charge >= 0.3 is 5.97 Å². The van der Waals surface area contributed by atoms with Crippen molar-refractivity contribution in [2.75, 3.05) is 7.11 Å². The lowest BCUT2D eigenvalue weighted by atomic mass is 9.85. The van der Waals surface area contributed by atoms with Crippen LogP contribution in [0, 0.1) is 0 Å². The zero-order valence-corrected chi connectivity index (χ0v) is 18.6. The summed E-state index contributed by atoms with van der Waals surface area (Å²) in [6.45, 7) is 0. The highest BCUT2D eigenvalue weighted by molar-refractivity contribution is 6.15. The van der Waals surface area contributed by atoms with Gasteiger partial charge in [0.05, 0.1) is 19.1 Å². The molecule has 0 bridgehead atoms. The molecule has 2 aliphatic heterocycles. The summed E-state index contributed by atoms with van der Waals surface area (Å²) in [5, 5.41) is 0.951. The number of fused-ring (bicyclic) bond motifs is 4. The molecule has 0 aliphatic carbocycles. The predicted molar refractivity (Wildman–Crippen MR) is 125 cm³/mol. The maximum atomic E-state index is 13.3. The molecule has 168 valence electrons. The Balaban J connectivity index is 1.47. The number of aromatic nitrogens is 2. The van der Waals surface area contributed by atoms with E-state index in [1.54, 1.807) is 37.7 Å². The van der Waals surface area contributed by atoms with Crippen LogP contribution in [0.1, 0.15) is 39.4 Å². The van der Waals surface area contributed by atoms with Crippen LogP contribution in [0.5, 0.6) is 17.2 Å². The Morgan fingerprint density at radius 1 is 1.09 bits per heavy atom. The predicted octanol–water partition coefficient (Wildman–Crippen LogP) is 4.64. The van der Waals surface area contributed by atoms with Gasteiger partial charge in [-0.25, -0.2) is 0 Å². The van der Waals surface area contributed by atoms with Gasteiger partial charge in [0, 0.05) is 53.6 Å². The van der Waals surface area contributed by atoms with Crippen LogP contribution in [0.3, 0.4) is 0 Å². The third-order valence-electron chi connectivity index (χ3n) is 6.40. The van der Waals surface area contributed by atoms with E-state index in [4.69, 9.17) is 14.2 Å². The van der Waals surface area contributed by atoms with Gasteiger partial charge in [-0.3, -0.25) is 14.6 Å². The number of aryl methyl sites for hydroxylation is 1. The van der Waals surface area contributed by atoms with Gasteiger partial charge < -0.3 is 18.8 Å². The number of Topliss-reactive ketones (excluding diaryl/α,β-unsaturated/α-hetero) is 1. The Bertz CT molecular complexity index is 1520. The van der Waals surface area contributed by atoms with Crippen molar-refractivity contribution < 1.29 is 23.8 Å². The highest BCUT2D eigenvalue weighted by atomic mass is 16.5. The van der Waals surface area contributed by atoms with Gasteiger partial charge in [0.1, 0.15) is 17.2 Å². The number of nitrogens with zero attached hydrogens (tertiary/aromatic N) is 2. The monoisotopic (exact) mass is 452 g/mol. The van der Waals surface area contributed by atoms with E-state index in [0.29, 0.717) is 22.6 Å². The topological polar surface area (TPSA) is 79.7 Å². The first-order valence-electron chi connectivity index (χ1n) is 10.9. The molecule has 2 aromatic heterocycles. The van der Waals surface area contributed by atoms with Crippen LogP contribution < -0.4 is 14.2 Å². The number of hydrogen-bond acceptors (Lipinski definition) is 6. The number of hydrogen-bond donors (Lipinski definition) is 0. The number of methoxy groups -OCH3 is 1. The number of ketones is 1. The van der Waals surface area contributed by atoms with Crippen molar-refractivity contribution >= 4 is 28.7 Å². The molecule has 7 heteroatoms. The van der Waals surface area contributed by atoms with Crippen LogP contribution >= 0.6 is 0 Å². The molecule has 6 rings (SSSR count). The summed E-state index contributed by atoms with van der Waals surface area (Å²) in [5.41, 5.74) is 3.94. The fourth-order valence-electron chi connectivity index (χ4n) is 4.77. The van der Waals surface area contributed by atoms with Crippen molar-refractivity contribution in [2.24, 2.45) is 7.05 Å². The number of allylic oxidation sites excluding steroid dienone is 1. The molecule has 0 saturated heterocycles. The molecule has 0 radical (unpaired) electrons. The number of carbonyl (C=O) groups is 2. The molecule has 0 amide bonds. The molecule has 0 fully saturated rings. The molecule has 4 heterocycles. The van der Waals surface area contributed by atoms with Crippen LogP contribution in [-0.2, 0) is 11.8 Å². The van der Waals surface area contributed by atoms with Gasteiger partial charge in [0.2, 0.25) is 5.78 Å². The smallest absolute Gasteiger partial charge is 0.312 e. The van der Waals surface area contributed by atoms with E-state index in [0.717, 1.165) is 27.8 Å². The number of rotatable bonds is 3. The number of pyridine rings is 1. The standard InChI is InChI=1S/C27H20N2O5/c1-29-14-16(19-12-17(32-2)3-5-21(19)29)11-23-26(31)18-4-6-22-25(27(18)34-23)20(13-24(30)33-22)15-7-9-28-10-8-15/h3-12,14,20H,13H2,1-2H3/b23-11-/t20-/m0/s1. The minimum absolute atomic E-state index is 0.160. The second kappa shape index (κ2) is 7.59. The largest absolute Gasteiger partial charge is 0.497 e. The minimum Gasteiger partial charge on any atom is -0.497 e. The van der Waals surface area contributed by atoms with E-state index in [1.165, 1.54) is 0 Å². The molecule has 0 unspecified atom stereocenters. The third kappa shape index (κ3) is 3.08. The summed E-state index contributed by atoms with van der Waals surface area (Å²) >= 11 is 0. The second-order valence-corrected chi connectivity index (χ2v) is 8.38. The first-order valence-corrected chi connectivity index (χ1v) is 10.9. The number of carbonyl (C=O) groups excluding carboxylic acids is 2. The summed E-state index contributed by atoms with van der Waals surface area (Å²) in [6.07, 6.45) is 7.24. The van der Waals surface area contributed by atoms with Crippen molar-refractivity contribution in [2.45, 2.75) is 12.3 Å². The highest BCUT2D eigenvalue weighted by Gasteiger charge is 2.38. The zero-order chi connectivity index (χ0) is 23.4. The Kier molecular flexibility index (Phi) is 4.52. The van der Waals surface area contributed by atoms with Crippen LogP contribution in [0.4, 0.5) is 0 Å².